The number of hydrogen-bond donors (Lipinski definition) is 3. The summed E-state index contributed by atoms with van der Waals surface area (Å²) in [7, 11) is 7.24. The maximum Gasteiger partial charge on any atom is 1.00 e. The predicted octanol–water partition coefficient (Wildman–Crippen LogP) is 12.2. The van der Waals surface area contributed by atoms with Crippen LogP contribution in [0.3, 0.4) is 0 Å². The number of aliphatic carboxylic acids is 1. The molecule has 13 nitrogen and oxygen atoms in total. The van der Waals surface area contributed by atoms with E-state index in [-0.39, 0.29) is 231 Å². The molecule has 560 valence electrons. The summed E-state index contributed by atoms with van der Waals surface area (Å²) in [6.07, 6.45) is 4.81. The summed E-state index contributed by atoms with van der Waals surface area (Å²) in [4.78, 5) is 55.8. The fraction of sp³-hybridized carbons (Fsp3) is 0.312. The van der Waals surface area contributed by atoms with Gasteiger partial charge in [-0.25, -0.2) is 0 Å². The number of Topliss-reactive ketones (excluding diaryl/α,β-unsaturated/α-hetero) is 4. The number of ketones is 4. The second-order valence-corrected chi connectivity index (χ2v) is 36.8. The van der Waals surface area contributed by atoms with Crippen LogP contribution in [0.4, 0.5) is 0 Å². The molecule has 0 saturated heterocycles. The van der Waals surface area contributed by atoms with Gasteiger partial charge >= 0.3 is 160 Å². The van der Waals surface area contributed by atoms with Crippen molar-refractivity contribution in [2.24, 2.45) is 11.5 Å². The summed E-state index contributed by atoms with van der Waals surface area (Å²) in [5.41, 5.74) is 13.1. The van der Waals surface area contributed by atoms with Gasteiger partial charge in [0.1, 0.15) is 46.9 Å². The van der Waals surface area contributed by atoms with Crippen molar-refractivity contribution in [2.75, 3.05) is 0 Å². The number of carbonyl (C=O) groups excluding carboxylic acids is 4. The normalized spacial score (nSPS) is 12.1. The van der Waals surface area contributed by atoms with Gasteiger partial charge in [-0.2, -0.15) is 26.3 Å². The summed E-state index contributed by atoms with van der Waals surface area (Å²) in [6.45, 7) is 23.2. The number of thioether (sulfide) groups is 5. The standard InChI is InChI=1S/4C15H16NOS2.C13H13NO2S2.2CH4N.2CH3.3K.P2S2/c4*1-3-13(17)9-10-15(2,11-16)19-14(18)12-7-5-4-6-8-12;1-13(9-14,8-7-11(15)16)18-12(17)10-5-3-2-4-6-10;2*1-2;;;;;;3-1-2-4/h4*4-8H,1,3,9-10H2,2H3;2-6H,7-8H2,1H3,(H,15,16);2*1-2H2;2*1H3;;;;/q4*-1;;4*-1;3*+1;. The van der Waals surface area contributed by atoms with Crippen LogP contribution < -0.4 is 166 Å². The third-order valence-electron chi connectivity index (χ3n) is 13.3. The average Bonchev–Trinajstić information content (AvgIpc) is 0.890. The summed E-state index contributed by atoms with van der Waals surface area (Å²) < 4.78 is -0.113. The number of carboxylic acids is 1. The molecule has 0 saturated carbocycles. The first-order valence-electron chi connectivity index (χ1n) is 30.8. The Labute approximate surface area is 829 Å². The first-order chi connectivity index (χ1) is 48.4. The van der Waals surface area contributed by atoms with Gasteiger partial charge in [0.25, 0.3) is 0 Å². The smallest absolute Gasteiger partial charge is 0.486 e. The van der Waals surface area contributed by atoms with Gasteiger partial charge in [-0.3, -0.25) is 18.9 Å². The van der Waals surface area contributed by atoms with Crippen molar-refractivity contribution in [1.29, 1.82) is 26.3 Å². The van der Waals surface area contributed by atoms with Crippen molar-refractivity contribution in [3.05, 3.63) is 236 Å². The molecule has 0 aliphatic rings. The Morgan fingerprint density at radius 3 is 0.607 bits per heavy atom. The number of thiocarbonyl (C=S) groups is 5. The zero-order chi connectivity index (χ0) is 78.2. The number of benzene rings is 5. The quantitative estimate of drug-likeness (QED) is 0.0167. The molecular formula is C77H91K3N7O6P2S12-5. The molecule has 30 heteroatoms. The van der Waals surface area contributed by atoms with Crippen molar-refractivity contribution in [1.82, 2.24) is 0 Å². The number of nitrogens with zero attached hydrogens (tertiary/aromatic N) is 5. The Balaban J connectivity index is -0.000000184. The molecule has 0 amide bonds. The van der Waals surface area contributed by atoms with E-state index in [4.69, 9.17) is 66.2 Å². The molecule has 0 fully saturated rings. The van der Waals surface area contributed by atoms with Gasteiger partial charge in [0.05, 0.1) is 51.3 Å². The number of carbonyl (C=O) groups is 5. The van der Waals surface area contributed by atoms with Crippen LogP contribution in [0.5, 0.6) is 0 Å². The van der Waals surface area contributed by atoms with E-state index in [1.165, 1.54) is 58.8 Å². The first-order valence-corrected chi connectivity index (χ1v) is 41.5. The largest absolute Gasteiger partial charge is 1.00 e. The molecule has 107 heavy (non-hydrogen) atoms. The molecule has 0 bridgehead atoms. The minimum absolute atomic E-state index is 0. The topological polar surface area (TPSA) is 277 Å². The maximum absolute atomic E-state index is 11.3. The van der Waals surface area contributed by atoms with E-state index in [1.807, 2.05) is 179 Å². The summed E-state index contributed by atoms with van der Waals surface area (Å²) in [6, 6.07) is 59.0. The van der Waals surface area contributed by atoms with Crippen LogP contribution >= 0.6 is 134 Å². The Morgan fingerprint density at radius 1 is 0.355 bits per heavy atom. The van der Waals surface area contributed by atoms with E-state index in [9.17, 15) is 50.3 Å². The Hall–Kier alpha value is -0.231. The fourth-order valence-electron chi connectivity index (χ4n) is 7.19. The van der Waals surface area contributed by atoms with Gasteiger partial charge in [0.2, 0.25) is 0 Å². The van der Waals surface area contributed by atoms with Crippen molar-refractivity contribution in [3.63, 3.8) is 0 Å². The third-order valence-corrected chi connectivity index (χ3v) is 24.2. The second-order valence-electron chi connectivity index (χ2n) is 21.7. The van der Waals surface area contributed by atoms with Gasteiger partial charge in [-0.1, -0.05) is 272 Å². The van der Waals surface area contributed by atoms with Gasteiger partial charge in [0.15, 0.2) is 0 Å². The second kappa shape index (κ2) is 73.4. The van der Waals surface area contributed by atoms with Gasteiger partial charge in [0, 0.05) is 46.2 Å². The zero-order valence-electron chi connectivity index (χ0n) is 62.7. The minimum Gasteiger partial charge on any atom is -0.486 e. The van der Waals surface area contributed by atoms with E-state index in [1.54, 1.807) is 6.92 Å². The first kappa shape index (κ1) is 122. The Kier molecular flexibility index (Phi) is 84.0. The number of rotatable bonds is 30. The number of nitriles is 5. The maximum atomic E-state index is 11.3. The molecule has 0 aromatic heterocycles. The van der Waals surface area contributed by atoms with E-state index >= 15 is 0 Å². The molecule has 0 aliphatic carbocycles. The number of nitrogens with two attached hydrogens (primary N) is 2. The average molecular weight is 1770 g/mol. The molecule has 0 heterocycles. The minimum atomic E-state index is -0.900. The summed E-state index contributed by atoms with van der Waals surface area (Å²) >= 11 is 42.2. The van der Waals surface area contributed by atoms with Crippen molar-refractivity contribution in [2.45, 2.75) is 148 Å². The Bertz CT molecular complexity index is 3310. The molecule has 5 aromatic carbocycles. The van der Waals surface area contributed by atoms with Crippen LogP contribution in [0.25, 0.3) is 0 Å². The molecule has 0 aliphatic heterocycles. The van der Waals surface area contributed by atoms with E-state index in [0.29, 0.717) is 72.3 Å². The van der Waals surface area contributed by atoms with Crippen molar-refractivity contribution >= 4 is 208 Å². The molecule has 0 spiro atoms. The van der Waals surface area contributed by atoms with Crippen LogP contribution in [0.2, 0.25) is 0 Å². The van der Waals surface area contributed by atoms with E-state index in [0.717, 1.165) is 41.9 Å². The van der Waals surface area contributed by atoms with Crippen molar-refractivity contribution in [3.8, 4) is 30.3 Å². The summed E-state index contributed by atoms with van der Waals surface area (Å²) in [5, 5.41) is 55.1. The van der Waals surface area contributed by atoms with Crippen molar-refractivity contribution < 1.29 is 183 Å². The molecule has 0 radical (unpaired) electrons. The van der Waals surface area contributed by atoms with Gasteiger partial charge < -0.3 is 78.3 Å². The SMILES string of the molecule is CC(C#N)(CCC(=O)O)SC(=S)c1ccccc1.S=PP=S.[CH2-]CC(=O)CCC(C)(C#N)SC(=S)c1ccccc1.[CH2-]CC(=O)CCC(C)(C#N)SC(=S)c1ccccc1.[CH2-]CC(=O)CCC(C)(C#N)SC(=S)c1ccccc1.[CH2-]CC(=O)CCC(C)(C#N)SC(=S)c1ccccc1.[CH2-]N.[CH2-]N.[CH3-].[CH3-].[K+].[K+].[K+]. The molecule has 5 rings (SSSR count). The fourth-order valence-corrected chi connectivity index (χ4v) is 15.2. The molecule has 5 N–H and O–H groups in total. The van der Waals surface area contributed by atoms with E-state index in [2.05, 4.69) is 107 Å². The van der Waals surface area contributed by atoms with Gasteiger partial charge in [-0.15, -0.1) is 25.7 Å². The van der Waals surface area contributed by atoms with Crippen LogP contribution in [0, 0.1) is 113 Å². The molecule has 5 aromatic rings. The monoisotopic (exact) mass is 1770 g/mol. The predicted molar refractivity (Wildman–Crippen MR) is 473 cm³/mol. The molecular weight excluding hydrogens is 1680 g/mol. The van der Waals surface area contributed by atoms with Crippen LogP contribution in [0.1, 0.15) is 152 Å². The van der Waals surface area contributed by atoms with E-state index < -0.39 is 29.7 Å². The van der Waals surface area contributed by atoms with Crippen LogP contribution in [-0.2, 0) is 47.6 Å². The summed E-state index contributed by atoms with van der Waals surface area (Å²) in [5.74, 6) is -0.594. The van der Waals surface area contributed by atoms with Crippen LogP contribution in [-0.4, -0.2) is 78.9 Å². The Morgan fingerprint density at radius 2 is 0.495 bits per heavy atom. The van der Waals surface area contributed by atoms with Gasteiger partial charge in [-0.05, 0) is 118 Å². The number of hydrogen-bond acceptors (Lipinski definition) is 24. The zero-order valence-corrected chi connectivity index (χ0v) is 83.7. The number of carboxylic acid groups (broad SMARTS) is 1. The molecule has 5 atom stereocenters. The van der Waals surface area contributed by atoms with Crippen LogP contribution in [0.15, 0.2) is 152 Å². The molecule has 5 unspecified atom stereocenters. The third kappa shape index (κ3) is 59.1.